The van der Waals surface area contributed by atoms with Crippen LogP contribution in [0.2, 0.25) is 0 Å². The lowest BCUT2D eigenvalue weighted by Crippen LogP contribution is -2.40. The summed E-state index contributed by atoms with van der Waals surface area (Å²) in [6.07, 6.45) is 1.12. The Morgan fingerprint density at radius 3 is 2.38 bits per heavy atom. The number of nitrogens with one attached hydrogen (secondary N) is 1. The van der Waals surface area contributed by atoms with E-state index in [1.807, 2.05) is 0 Å². The fraction of sp³-hybridized carbons (Fsp3) is 0.467. The molecule has 0 saturated heterocycles. The van der Waals surface area contributed by atoms with Gasteiger partial charge in [-0.1, -0.05) is 6.92 Å². The first-order chi connectivity index (χ1) is 10.1. The molecule has 0 spiro atoms. The second-order valence-corrected chi connectivity index (χ2v) is 4.49. The maximum Gasteiger partial charge on any atom is 0.326 e. The molecule has 0 aliphatic rings. The summed E-state index contributed by atoms with van der Waals surface area (Å²) in [6.45, 7) is 2.11. The number of ether oxygens (including phenoxy) is 2. The smallest absolute Gasteiger partial charge is 0.326 e. The van der Waals surface area contributed by atoms with Gasteiger partial charge in [0.25, 0.3) is 0 Å². The lowest BCUT2D eigenvalue weighted by atomic mass is 10.2. The molecule has 1 aromatic rings. The fourth-order valence-corrected chi connectivity index (χ4v) is 1.70. The number of rotatable bonds is 9. The average molecular weight is 295 g/mol. The van der Waals surface area contributed by atoms with E-state index in [9.17, 15) is 9.59 Å². The molecule has 6 heteroatoms. The molecule has 1 aromatic carbocycles. The minimum atomic E-state index is -1.01. The van der Waals surface area contributed by atoms with Crippen LogP contribution in [0, 0.1) is 0 Å². The van der Waals surface area contributed by atoms with Crippen LogP contribution in [0.15, 0.2) is 24.3 Å². The molecular formula is C15H21NO5. The maximum atomic E-state index is 11.6. The van der Waals surface area contributed by atoms with Gasteiger partial charge < -0.3 is 19.9 Å². The van der Waals surface area contributed by atoms with Gasteiger partial charge >= 0.3 is 5.97 Å². The maximum absolute atomic E-state index is 11.6. The molecule has 1 amide bonds. The minimum absolute atomic E-state index is 0.236. The van der Waals surface area contributed by atoms with Gasteiger partial charge in [0.1, 0.15) is 17.5 Å². The van der Waals surface area contributed by atoms with Gasteiger partial charge in [-0.3, -0.25) is 4.79 Å². The van der Waals surface area contributed by atoms with Gasteiger partial charge in [0.15, 0.2) is 0 Å². The summed E-state index contributed by atoms with van der Waals surface area (Å²) in [6, 6.07) is 6.34. The number of methoxy groups -OCH3 is 1. The average Bonchev–Trinajstić information content (AvgIpc) is 2.49. The topological polar surface area (TPSA) is 84.9 Å². The van der Waals surface area contributed by atoms with Crippen LogP contribution in [0.4, 0.5) is 0 Å². The van der Waals surface area contributed by atoms with Gasteiger partial charge in [0, 0.05) is 6.42 Å². The van der Waals surface area contributed by atoms with Crippen molar-refractivity contribution in [3.63, 3.8) is 0 Å². The molecular weight excluding hydrogens is 274 g/mol. The van der Waals surface area contributed by atoms with E-state index in [1.54, 1.807) is 38.3 Å². The minimum Gasteiger partial charge on any atom is -0.497 e. The molecule has 21 heavy (non-hydrogen) atoms. The van der Waals surface area contributed by atoms with Crippen molar-refractivity contribution in [3.8, 4) is 11.5 Å². The highest BCUT2D eigenvalue weighted by molar-refractivity contribution is 5.83. The number of hydrogen-bond acceptors (Lipinski definition) is 4. The third kappa shape index (κ3) is 6.16. The molecule has 1 atom stereocenters. The highest BCUT2D eigenvalue weighted by Crippen LogP contribution is 2.17. The number of carboxylic acids is 1. The Labute approximate surface area is 124 Å². The van der Waals surface area contributed by atoms with E-state index >= 15 is 0 Å². The van der Waals surface area contributed by atoms with Crippen molar-refractivity contribution < 1.29 is 24.2 Å². The number of carbonyl (C=O) groups excluding carboxylic acids is 1. The van der Waals surface area contributed by atoms with Crippen molar-refractivity contribution >= 4 is 11.9 Å². The van der Waals surface area contributed by atoms with Gasteiger partial charge in [-0.05, 0) is 37.1 Å². The van der Waals surface area contributed by atoms with Crippen LogP contribution < -0.4 is 14.8 Å². The molecule has 1 unspecified atom stereocenters. The first-order valence-electron chi connectivity index (χ1n) is 6.85. The van der Waals surface area contributed by atoms with Crippen molar-refractivity contribution in [1.82, 2.24) is 5.32 Å². The molecule has 6 nitrogen and oxygen atoms in total. The predicted molar refractivity (Wildman–Crippen MR) is 77.6 cm³/mol. The van der Waals surface area contributed by atoms with Gasteiger partial charge in [0.05, 0.1) is 13.7 Å². The lowest BCUT2D eigenvalue weighted by Gasteiger charge is -2.12. The van der Waals surface area contributed by atoms with Crippen molar-refractivity contribution in [3.05, 3.63) is 24.3 Å². The zero-order chi connectivity index (χ0) is 15.7. The van der Waals surface area contributed by atoms with Gasteiger partial charge in [-0.15, -0.1) is 0 Å². The van der Waals surface area contributed by atoms with Crippen LogP contribution in [-0.2, 0) is 9.59 Å². The third-order valence-electron chi connectivity index (χ3n) is 2.92. The van der Waals surface area contributed by atoms with E-state index in [4.69, 9.17) is 14.6 Å². The summed E-state index contributed by atoms with van der Waals surface area (Å²) in [7, 11) is 1.59. The molecule has 0 heterocycles. The van der Waals surface area contributed by atoms with Crippen LogP contribution in [0.5, 0.6) is 11.5 Å². The van der Waals surface area contributed by atoms with Crippen molar-refractivity contribution in [2.45, 2.75) is 32.2 Å². The van der Waals surface area contributed by atoms with Crippen molar-refractivity contribution in [2.75, 3.05) is 13.7 Å². The molecule has 0 saturated carbocycles. The Morgan fingerprint density at radius 1 is 1.24 bits per heavy atom. The van der Waals surface area contributed by atoms with E-state index in [2.05, 4.69) is 5.32 Å². The third-order valence-corrected chi connectivity index (χ3v) is 2.92. The normalized spacial score (nSPS) is 11.5. The molecule has 0 aliphatic heterocycles. The van der Waals surface area contributed by atoms with Crippen molar-refractivity contribution in [2.24, 2.45) is 0 Å². The Morgan fingerprint density at radius 2 is 1.86 bits per heavy atom. The molecule has 0 aromatic heterocycles. The number of carboxylic acid groups (broad SMARTS) is 1. The fourth-order valence-electron chi connectivity index (χ4n) is 1.70. The van der Waals surface area contributed by atoms with Crippen LogP contribution in [0.1, 0.15) is 26.2 Å². The summed E-state index contributed by atoms with van der Waals surface area (Å²) in [5, 5.41) is 11.3. The zero-order valence-corrected chi connectivity index (χ0v) is 12.3. The van der Waals surface area contributed by atoms with Crippen LogP contribution in [-0.4, -0.2) is 36.7 Å². The van der Waals surface area contributed by atoms with Gasteiger partial charge in [-0.2, -0.15) is 0 Å². The van der Waals surface area contributed by atoms with Crippen LogP contribution >= 0.6 is 0 Å². The van der Waals surface area contributed by atoms with E-state index in [0.29, 0.717) is 25.2 Å². The Hall–Kier alpha value is -2.24. The first kappa shape index (κ1) is 16.8. The quantitative estimate of drug-likeness (QED) is 0.679. The van der Waals surface area contributed by atoms with E-state index < -0.39 is 12.0 Å². The summed E-state index contributed by atoms with van der Waals surface area (Å²) in [5.74, 6) is 0.164. The number of aliphatic carboxylic acids is 1. The molecule has 0 radical (unpaired) electrons. The van der Waals surface area contributed by atoms with Crippen LogP contribution in [0.3, 0.4) is 0 Å². The largest absolute Gasteiger partial charge is 0.497 e. The number of benzene rings is 1. The molecule has 0 aliphatic carbocycles. The van der Waals surface area contributed by atoms with Crippen LogP contribution in [0.25, 0.3) is 0 Å². The highest BCUT2D eigenvalue weighted by Gasteiger charge is 2.16. The molecule has 0 fully saturated rings. The lowest BCUT2D eigenvalue weighted by molar-refractivity contribution is -0.141. The standard InChI is InChI=1S/C15H21NO5/c1-3-13(15(18)19)16-14(17)5-4-10-21-12-8-6-11(20-2)7-9-12/h6-9,13H,3-5,10H2,1-2H3,(H,16,17)(H,18,19). The highest BCUT2D eigenvalue weighted by atomic mass is 16.5. The summed E-state index contributed by atoms with van der Waals surface area (Å²) in [5.41, 5.74) is 0. The first-order valence-corrected chi connectivity index (χ1v) is 6.85. The second-order valence-electron chi connectivity index (χ2n) is 4.49. The zero-order valence-electron chi connectivity index (χ0n) is 12.3. The molecule has 0 bridgehead atoms. The predicted octanol–water partition coefficient (Wildman–Crippen LogP) is 1.83. The van der Waals surface area contributed by atoms with Gasteiger partial charge in [0.2, 0.25) is 5.91 Å². The Balaban J connectivity index is 2.23. The van der Waals surface area contributed by atoms with E-state index in [0.717, 1.165) is 5.75 Å². The molecule has 2 N–H and O–H groups in total. The SMILES string of the molecule is CCC(NC(=O)CCCOc1ccc(OC)cc1)C(=O)O. The Bertz CT molecular complexity index is 458. The molecule has 116 valence electrons. The van der Waals surface area contributed by atoms with Crippen molar-refractivity contribution in [1.29, 1.82) is 0 Å². The van der Waals surface area contributed by atoms with E-state index in [-0.39, 0.29) is 12.3 Å². The van der Waals surface area contributed by atoms with E-state index in [1.165, 1.54) is 0 Å². The Kier molecular flexibility index (Phi) is 7.08. The number of carbonyl (C=O) groups is 2. The second kappa shape index (κ2) is 8.84. The van der Waals surface area contributed by atoms with Gasteiger partial charge in [-0.25, -0.2) is 4.79 Å². The summed E-state index contributed by atoms with van der Waals surface area (Å²) >= 11 is 0. The summed E-state index contributed by atoms with van der Waals surface area (Å²) < 4.78 is 10.5. The number of hydrogen-bond donors (Lipinski definition) is 2. The molecule has 1 rings (SSSR count). The number of amides is 1. The summed E-state index contributed by atoms with van der Waals surface area (Å²) in [4.78, 5) is 22.3. The monoisotopic (exact) mass is 295 g/mol.